The Bertz CT molecular complexity index is 2650. The maximum absolute atomic E-state index is 14.3. The number of ketones is 1. The van der Waals surface area contributed by atoms with Crippen molar-refractivity contribution in [1.82, 2.24) is 29.9 Å². The average molecular weight is 915 g/mol. The molecule has 10 rings (SSSR count). The van der Waals surface area contributed by atoms with Crippen molar-refractivity contribution in [3.8, 4) is 0 Å². The standard InChI is InChI=1S/C57H66N6O5/c1-3-61-35-58-60-54(61)42-16-6-14-41(15-7-17-42)45-32-48-44(22-24-46(34-49(48)52(64)33-45)62-28-8-9-36(62)2)30-39-20-18-38(19-21-39)29-37-10-4-12-40(13-5-11-37)43-23-25-47-50(31-43)57(68)63(56(47)67)51-26-27-53(65)59-55(51)66/h6-7,14,16,23-25,31,33-40,51H,3-5,8-13,17-22,26-30,32H2,1-2H3,(H,59,65,66)/b14-6-,42-16+/t15?,36-,37?,38?,39?,40?,51?/m1/s1. The van der Waals surface area contributed by atoms with Gasteiger partial charge in [0.2, 0.25) is 11.8 Å². The third-order valence-corrected chi connectivity index (χ3v) is 16.6. The second kappa shape index (κ2) is 20.0. The number of nitrogens with zero attached hydrogens (tertiary/aromatic N) is 5. The lowest BCUT2D eigenvalue weighted by Crippen LogP contribution is -2.54. The van der Waals surface area contributed by atoms with Crippen molar-refractivity contribution < 1.29 is 24.0 Å². The van der Waals surface area contributed by atoms with Gasteiger partial charge in [-0.2, -0.15) is 0 Å². The Hall–Kier alpha value is -5.93. The first-order valence-corrected chi connectivity index (χ1v) is 25.8. The Balaban J connectivity index is 0.762. The molecule has 1 unspecified atom stereocenters. The molecular weight excluding hydrogens is 849 g/mol. The van der Waals surface area contributed by atoms with E-state index < -0.39 is 23.8 Å². The van der Waals surface area contributed by atoms with Crippen molar-refractivity contribution in [2.24, 2.45) is 17.8 Å². The van der Waals surface area contributed by atoms with Crippen LogP contribution in [0.5, 0.6) is 0 Å². The minimum atomic E-state index is -0.947. The van der Waals surface area contributed by atoms with E-state index in [-0.39, 0.29) is 24.5 Å². The number of fused-ring (bicyclic) bond motifs is 2. The van der Waals surface area contributed by atoms with Gasteiger partial charge in [-0.3, -0.25) is 34.2 Å². The topological polar surface area (TPSA) is 135 Å². The molecule has 68 heavy (non-hydrogen) atoms. The average Bonchev–Trinajstić information content (AvgIpc) is 4.00. The molecule has 0 spiro atoms. The van der Waals surface area contributed by atoms with Gasteiger partial charge in [-0.15, -0.1) is 15.9 Å². The predicted octanol–water partition coefficient (Wildman–Crippen LogP) is 10.4. The molecular formula is C57H66N6O5. The summed E-state index contributed by atoms with van der Waals surface area (Å²) in [6, 6.07) is 5.21. The molecule has 1 N–H and O–H groups in total. The second-order valence-corrected chi connectivity index (χ2v) is 20.8. The molecule has 2 aromatic rings. The summed E-state index contributed by atoms with van der Waals surface area (Å²) in [5.41, 5.74) is 13.3. The molecule has 354 valence electrons. The number of aromatic nitrogens is 3. The number of benzene rings is 1. The van der Waals surface area contributed by atoms with Crippen molar-refractivity contribution >= 4 is 35.0 Å². The summed E-state index contributed by atoms with van der Waals surface area (Å²) in [6.45, 7) is 6.27. The highest BCUT2D eigenvalue weighted by Crippen LogP contribution is 2.44. The molecule has 3 aliphatic heterocycles. The molecule has 2 saturated carbocycles. The van der Waals surface area contributed by atoms with Gasteiger partial charge in [-0.1, -0.05) is 68.4 Å². The van der Waals surface area contributed by atoms with Crippen LogP contribution in [-0.4, -0.2) is 72.6 Å². The predicted molar refractivity (Wildman–Crippen MR) is 262 cm³/mol. The summed E-state index contributed by atoms with van der Waals surface area (Å²) in [5, 5.41) is 10.8. The van der Waals surface area contributed by atoms with Crippen LogP contribution >= 0.6 is 0 Å². The van der Waals surface area contributed by atoms with E-state index in [9.17, 15) is 24.0 Å². The normalized spacial score (nSPS) is 29.3. The Morgan fingerprint density at radius 1 is 0.824 bits per heavy atom. The van der Waals surface area contributed by atoms with E-state index in [4.69, 9.17) is 0 Å². The number of piperidine rings is 1. The molecule has 2 saturated heterocycles. The fraction of sp³-hybridized carbons (Fsp3) is 0.509. The number of carbonyl (C=O) groups excluding carboxylic acids is 5. The van der Waals surface area contributed by atoms with Crippen LogP contribution in [0.3, 0.4) is 0 Å². The molecule has 4 fully saturated rings. The number of hydrogen-bond acceptors (Lipinski definition) is 8. The minimum absolute atomic E-state index is 0.112. The third kappa shape index (κ3) is 9.43. The molecule has 11 heteroatoms. The molecule has 4 heterocycles. The number of amides is 4. The highest BCUT2D eigenvalue weighted by molar-refractivity contribution is 6.23. The van der Waals surface area contributed by atoms with Gasteiger partial charge in [0.15, 0.2) is 11.6 Å². The van der Waals surface area contributed by atoms with Gasteiger partial charge in [-0.25, -0.2) is 0 Å². The molecule has 8 aliphatic rings. The van der Waals surface area contributed by atoms with E-state index in [0.29, 0.717) is 35.4 Å². The van der Waals surface area contributed by atoms with Crippen molar-refractivity contribution in [3.05, 3.63) is 129 Å². The molecule has 0 radical (unpaired) electrons. The molecule has 0 bridgehead atoms. The fourth-order valence-electron chi connectivity index (χ4n) is 12.8. The van der Waals surface area contributed by atoms with Gasteiger partial charge < -0.3 is 9.47 Å². The van der Waals surface area contributed by atoms with Gasteiger partial charge in [0.05, 0.1) is 11.1 Å². The first-order chi connectivity index (χ1) is 33.1. The summed E-state index contributed by atoms with van der Waals surface area (Å²) in [5.74, 6) is 1.62. The quantitative estimate of drug-likeness (QED) is 0.184. The molecule has 1 aromatic carbocycles. The Labute approximate surface area is 401 Å². The van der Waals surface area contributed by atoms with Crippen molar-refractivity contribution in [2.45, 2.75) is 160 Å². The summed E-state index contributed by atoms with van der Waals surface area (Å²) < 4.78 is 2.06. The maximum Gasteiger partial charge on any atom is 0.262 e. The van der Waals surface area contributed by atoms with Crippen LogP contribution in [0.25, 0.3) is 5.57 Å². The van der Waals surface area contributed by atoms with Crippen LogP contribution in [0.1, 0.15) is 174 Å². The number of nitrogens with one attached hydrogen (secondary N) is 1. The molecule has 5 aliphatic carbocycles. The van der Waals surface area contributed by atoms with E-state index in [1.807, 2.05) is 18.2 Å². The van der Waals surface area contributed by atoms with Crippen LogP contribution in [-0.2, 0) is 20.9 Å². The van der Waals surface area contributed by atoms with Crippen LogP contribution < -0.4 is 5.32 Å². The smallest absolute Gasteiger partial charge is 0.262 e. The van der Waals surface area contributed by atoms with E-state index >= 15 is 0 Å². The van der Waals surface area contributed by atoms with Crippen LogP contribution in [0, 0.1) is 17.8 Å². The third-order valence-electron chi connectivity index (χ3n) is 16.6. The number of aryl methyl sites for hydroxylation is 1. The lowest BCUT2D eigenvalue weighted by molar-refractivity contribution is -0.136. The molecule has 4 amide bonds. The first-order valence-electron chi connectivity index (χ1n) is 25.8. The number of hydrogen-bond donors (Lipinski definition) is 1. The van der Waals surface area contributed by atoms with Crippen molar-refractivity contribution in [1.29, 1.82) is 0 Å². The van der Waals surface area contributed by atoms with Gasteiger partial charge in [0, 0.05) is 54.4 Å². The van der Waals surface area contributed by atoms with Gasteiger partial charge in [0.1, 0.15) is 12.4 Å². The maximum atomic E-state index is 14.3. The number of carbonyl (C=O) groups is 5. The minimum Gasteiger partial charge on any atom is -0.369 e. The summed E-state index contributed by atoms with van der Waals surface area (Å²) >= 11 is 0. The first kappa shape index (κ1) is 45.8. The summed E-state index contributed by atoms with van der Waals surface area (Å²) in [4.78, 5) is 69.0. The van der Waals surface area contributed by atoms with Gasteiger partial charge in [0.25, 0.3) is 11.8 Å². The monoisotopic (exact) mass is 915 g/mol. The highest BCUT2D eigenvalue weighted by Gasteiger charge is 2.45. The van der Waals surface area contributed by atoms with Crippen LogP contribution in [0.15, 0.2) is 106 Å². The van der Waals surface area contributed by atoms with E-state index in [0.717, 1.165) is 108 Å². The number of allylic oxidation sites excluding steroid dienone is 12. The molecule has 2 atom stereocenters. The number of likely N-dealkylation sites (tertiary alicyclic amines) is 1. The zero-order valence-electron chi connectivity index (χ0n) is 39.9. The fourth-order valence-corrected chi connectivity index (χ4v) is 12.8. The summed E-state index contributed by atoms with van der Waals surface area (Å²) in [6.07, 6.45) is 35.9. The van der Waals surface area contributed by atoms with Gasteiger partial charge in [-0.05, 0) is 161 Å². The van der Waals surface area contributed by atoms with Crippen molar-refractivity contribution in [2.75, 3.05) is 6.54 Å². The zero-order valence-corrected chi connectivity index (χ0v) is 39.9. The zero-order chi connectivity index (χ0) is 46.9. The van der Waals surface area contributed by atoms with E-state index in [2.05, 4.69) is 81.0 Å². The van der Waals surface area contributed by atoms with Crippen molar-refractivity contribution in [3.63, 3.8) is 0 Å². The SMILES string of the molecule is CCn1cnnc1/C1=C/C=C\C(C2=CC(=O)C3=CC(N4CCC[C@H]4C)=CCC(CC4CCC(CC5CCCC(c6ccc7c(c6)C(=O)N(C6CCC(=O)NC6=O)C7=O)CCC5)CC4)=C3C2)=C=CC1. The lowest BCUT2D eigenvalue weighted by Gasteiger charge is -2.33. The van der Waals surface area contributed by atoms with Gasteiger partial charge >= 0.3 is 0 Å². The summed E-state index contributed by atoms with van der Waals surface area (Å²) in [7, 11) is 0. The number of rotatable bonds is 10. The lowest BCUT2D eigenvalue weighted by atomic mass is 9.72. The number of imide groups is 2. The van der Waals surface area contributed by atoms with Crippen LogP contribution in [0.4, 0.5) is 0 Å². The Morgan fingerprint density at radius 2 is 1.60 bits per heavy atom. The Morgan fingerprint density at radius 3 is 2.37 bits per heavy atom. The molecule has 1 aromatic heterocycles. The Kier molecular flexibility index (Phi) is 13.5. The largest absolute Gasteiger partial charge is 0.369 e. The highest BCUT2D eigenvalue weighted by atomic mass is 16.2. The van der Waals surface area contributed by atoms with E-state index in [1.165, 1.54) is 74.6 Å². The molecule has 11 nitrogen and oxygen atoms in total. The second-order valence-electron chi connectivity index (χ2n) is 20.8. The van der Waals surface area contributed by atoms with Crippen LogP contribution in [0.2, 0.25) is 0 Å². The van der Waals surface area contributed by atoms with E-state index in [1.54, 1.807) is 12.4 Å².